The van der Waals surface area contributed by atoms with Gasteiger partial charge in [-0.25, -0.2) is 4.98 Å². The number of nitrogens with one attached hydrogen (secondary N) is 2. The largest absolute Gasteiger partial charge is 0.321 e. The number of amides is 2. The fraction of sp³-hybridized carbons (Fsp3) is 0.0476. The predicted molar refractivity (Wildman–Crippen MR) is 108 cm³/mol. The number of Topliss-reactive ketones (excluding diaryl/α,β-unsaturated/α-hetero) is 1. The van der Waals surface area contributed by atoms with Gasteiger partial charge >= 0.3 is 0 Å². The van der Waals surface area contributed by atoms with Gasteiger partial charge in [0.15, 0.2) is 5.78 Å². The van der Waals surface area contributed by atoms with Crippen LogP contribution in [0.25, 0.3) is 0 Å². The molecule has 2 N–H and O–H groups in total. The van der Waals surface area contributed by atoms with Gasteiger partial charge in [0.25, 0.3) is 11.8 Å². The van der Waals surface area contributed by atoms with E-state index in [1.54, 1.807) is 54.6 Å². The van der Waals surface area contributed by atoms with E-state index in [0.717, 1.165) is 0 Å². The molecule has 6 nitrogen and oxygen atoms in total. The van der Waals surface area contributed by atoms with Crippen LogP contribution in [-0.2, 0) is 0 Å². The highest BCUT2D eigenvalue weighted by atomic mass is 35.5. The van der Waals surface area contributed by atoms with Gasteiger partial charge in [-0.15, -0.1) is 0 Å². The molecule has 0 spiro atoms. The zero-order valence-corrected chi connectivity index (χ0v) is 15.7. The summed E-state index contributed by atoms with van der Waals surface area (Å²) in [6.07, 6.45) is 0. The van der Waals surface area contributed by atoms with Gasteiger partial charge < -0.3 is 10.6 Å². The summed E-state index contributed by atoms with van der Waals surface area (Å²) in [5.74, 6) is -0.960. The van der Waals surface area contributed by atoms with Gasteiger partial charge in [0.2, 0.25) is 0 Å². The molecule has 7 heteroatoms. The average molecular weight is 394 g/mol. The van der Waals surface area contributed by atoms with Crippen LogP contribution in [0.3, 0.4) is 0 Å². The molecule has 0 aliphatic rings. The maximum absolute atomic E-state index is 12.4. The van der Waals surface area contributed by atoms with E-state index >= 15 is 0 Å². The van der Waals surface area contributed by atoms with Crippen LogP contribution in [-0.4, -0.2) is 22.6 Å². The number of rotatable bonds is 5. The number of hydrogen-bond donors (Lipinski definition) is 2. The van der Waals surface area contributed by atoms with E-state index in [4.69, 9.17) is 11.6 Å². The third-order valence-electron chi connectivity index (χ3n) is 3.87. The number of nitrogens with zero attached hydrogens (tertiary/aromatic N) is 1. The second-order valence-electron chi connectivity index (χ2n) is 5.96. The minimum Gasteiger partial charge on any atom is -0.321 e. The summed E-state index contributed by atoms with van der Waals surface area (Å²) in [5.41, 5.74) is 1.84. The Labute approximate surface area is 166 Å². The van der Waals surface area contributed by atoms with Crippen molar-refractivity contribution >= 4 is 40.6 Å². The van der Waals surface area contributed by atoms with Crippen molar-refractivity contribution in [3.05, 3.63) is 88.7 Å². The number of aromatic nitrogens is 1. The standard InChI is InChI=1S/C21H16ClN3O3/c1-13(26)14-5-9-16(10-6-14)23-20(27)18-3-2-4-19(25-18)21(28)24-17-11-7-15(22)8-12-17/h2-12H,1H3,(H,23,27)(H,24,28). The first-order valence-electron chi connectivity index (χ1n) is 8.39. The average Bonchev–Trinajstić information content (AvgIpc) is 2.70. The minimum absolute atomic E-state index is 0.0565. The zero-order chi connectivity index (χ0) is 20.1. The van der Waals surface area contributed by atoms with Crippen molar-refractivity contribution in [2.24, 2.45) is 0 Å². The first kappa shape index (κ1) is 19.3. The van der Waals surface area contributed by atoms with Crippen molar-refractivity contribution in [3.63, 3.8) is 0 Å². The van der Waals surface area contributed by atoms with Crippen LogP contribution < -0.4 is 10.6 Å². The number of halogens is 1. The fourth-order valence-electron chi connectivity index (χ4n) is 2.40. The molecular formula is C21H16ClN3O3. The molecule has 0 aliphatic carbocycles. The van der Waals surface area contributed by atoms with Gasteiger partial charge in [0, 0.05) is 22.0 Å². The molecule has 0 saturated heterocycles. The first-order valence-corrected chi connectivity index (χ1v) is 8.76. The molecule has 2 amide bonds. The Bertz CT molecular complexity index is 1030. The fourth-order valence-corrected chi connectivity index (χ4v) is 2.53. The molecule has 1 aromatic heterocycles. The van der Waals surface area contributed by atoms with E-state index in [9.17, 15) is 14.4 Å². The second kappa shape index (κ2) is 8.45. The number of benzene rings is 2. The van der Waals surface area contributed by atoms with Crippen LogP contribution in [0.1, 0.15) is 38.3 Å². The highest BCUT2D eigenvalue weighted by Crippen LogP contribution is 2.15. The van der Waals surface area contributed by atoms with E-state index in [0.29, 0.717) is 22.0 Å². The maximum Gasteiger partial charge on any atom is 0.274 e. The Morgan fingerprint density at radius 3 is 1.68 bits per heavy atom. The second-order valence-corrected chi connectivity index (χ2v) is 6.39. The van der Waals surface area contributed by atoms with Crippen molar-refractivity contribution in [1.29, 1.82) is 0 Å². The van der Waals surface area contributed by atoms with E-state index in [2.05, 4.69) is 15.6 Å². The van der Waals surface area contributed by atoms with Crippen LogP contribution in [0, 0.1) is 0 Å². The van der Waals surface area contributed by atoms with Gasteiger partial charge in [-0.2, -0.15) is 0 Å². The highest BCUT2D eigenvalue weighted by Gasteiger charge is 2.13. The van der Waals surface area contributed by atoms with E-state index in [-0.39, 0.29) is 17.2 Å². The van der Waals surface area contributed by atoms with Crippen molar-refractivity contribution in [3.8, 4) is 0 Å². The summed E-state index contributed by atoms with van der Waals surface area (Å²) in [6, 6.07) is 17.8. The number of ketones is 1. The molecule has 28 heavy (non-hydrogen) atoms. The molecular weight excluding hydrogens is 378 g/mol. The van der Waals surface area contributed by atoms with Gasteiger partial charge in [-0.1, -0.05) is 17.7 Å². The summed E-state index contributed by atoms with van der Waals surface area (Å²) >= 11 is 5.83. The molecule has 0 saturated carbocycles. The molecule has 0 aliphatic heterocycles. The van der Waals surface area contributed by atoms with Crippen LogP contribution in [0.15, 0.2) is 66.7 Å². The van der Waals surface area contributed by atoms with Gasteiger partial charge in [-0.05, 0) is 67.6 Å². The SMILES string of the molecule is CC(=O)c1ccc(NC(=O)c2cccc(C(=O)Nc3ccc(Cl)cc3)n2)cc1. The number of pyridine rings is 1. The quantitative estimate of drug-likeness (QED) is 0.627. The molecule has 3 rings (SSSR count). The Kier molecular flexibility index (Phi) is 5.81. The Morgan fingerprint density at radius 1 is 0.750 bits per heavy atom. The van der Waals surface area contributed by atoms with Crippen molar-refractivity contribution in [2.75, 3.05) is 10.6 Å². The number of anilines is 2. The Balaban J connectivity index is 1.71. The lowest BCUT2D eigenvalue weighted by Gasteiger charge is -2.08. The molecule has 3 aromatic rings. The molecule has 1 heterocycles. The first-order chi connectivity index (χ1) is 13.4. The van der Waals surface area contributed by atoms with Gasteiger partial charge in [0.1, 0.15) is 11.4 Å². The van der Waals surface area contributed by atoms with Crippen LogP contribution in [0.4, 0.5) is 11.4 Å². The third-order valence-corrected chi connectivity index (χ3v) is 4.12. The monoisotopic (exact) mass is 393 g/mol. The lowest BCUT2D eigenvalue weighted by Crippen LogP contribution is -2.18. The Hall–Kier alpha value is -3.51. The molecule has 0 unspecified atom stereocenters. The van der Waals surface area contributed by atoms with Crippen LogP contribution >= 0.6 is 11.6 Å². The molecule has 0 radical (unpaired) electrons. The molecule has 0 fully saturated rings. The minimum atomic E-state index is -0.461. The number of hydrogen-bond acceptors (Lipinski definition) is 4. The third kappa shape index (κ3) is 4.81. The molecule has 2 aromatic carbocycles. The zero-order valence-electron chi connectivity index (χ0n) is 14.9. The highest BCUT2D eigenvalue weighted by molar-refractivity contribution is 6.30. The van der Waals surface area contributed by atoms with E-state index < -0.39 is 11.8 Å². The Morgan fingerprint density at radius 2 is 1.21 bits per heavy atom. The molecule has 140 valence electrons. The molecule has 0 atom stereocenters. The number of carbonyl (C=O) groups excluding carboxylic acids is 3. The molecule has 0 bridgehead atoms. The summed E-state index contributed by atoms with van der Waals surface area (Å²) in [6.45, 7) is 1.47. The van der Waals surface area contributed by atoms with Crippen molar-refractivity contribution in [1.82, 2.24) is 4.98 Å². The normalized spacial score (nSPS) is 10.2. The smallest absolute Gasteiger partial charge is 0.274 e. The summed E-state index contributed by atoms with van der Waals surface area (Å²) in [7, 11) is 0. The lowest BCUT2D eigenvalue weighted by atomic mass is 10.1. The van der Waals surface area contributed by atoms with E-state index in [1.807, 2.05) is 0 Å². The maximum atomic E-state index is 12.4. The van der Waals surface area contributed by atoms with E-state index in [1.165, 1.54) is 19.1 Å². The predicted octanol–water partition coefficient (Wildman–Crippen LogP) is 4.44. The summed E-state index contributed by atoms with van der Waals surface area (Å²) < 4.78 is 0. The summed E-state index contributed by atoms with van der Waals surface area (Å²) in [5, 5.41) is 5.94. The van der Waals surface area contributed by atoms with Crippen molar-refractivity contribution in [2.45, 2.75) is 6.92 Å². The van der Waals surface area contributed by atoms with Gasteiger partial charge in [-0.3, -0.25) is 14.4 Å². The topological polar surface area (TPSA) is 88.2 Å². The number of carbonyl (C=O) groups is 3. The summed E-state index contributed by atoms with van der Waals surface area (Å²) in [4.78, 5) is 40.2. The van der Waals surface area contributed by atoms with Gasteiger partial charge in [0.05, 0.1) is 0 Å². The lowest BCUT2D eigenvalue weighted by molar-refractivity contribution is 0.100. The van der Waals surface area contributed by atoms with Crippen molar-refractivity contribution < 1.29 is 14.4 Å². The van der Waals surface area contributed by atoms with Crippen LogP contribution in [0.5, 0.6) is 0 Å². The van der Waals surface area contributed by atoms with Crippen LogP contribution in [0.2, 0.25) is 5.02 Å².